The number of nitrogens with zero attached hydrogens (tertiary/aromatic N) is 4. The van der Waals surface area contributed by atoms with Gasteiger partial charge in [-0.25, -0.2) is 9.78 Å². The molecule has 9 heteroatoms. The molecule has 0 aliphatic rings. The van der Waals surface area contributed by atoms with Crippen LogP contribution in [0.5, 0.6) is 0 Å². The number of carbonyl (C=O) groups excluding carboxylic acids is 2. The van der Waals surface area contributed by atoms with Gasteiger partial charge in [0.1, 0.15) is 10.7 Å². The molecule has 0 aromatic carbocycles. The zero-order valence-electron chi connectivity index (χ0n) is 17.9. The van der Waals surface area contributed by atoms with E-state index in [2.05, 4.69) is 10.1 Å². The van der Waals surface area contributed by atoms with Crippen LogP contribution in [-0.4, -0.2) is 37.7 Å². The summed E-state index contributed by atoms with van der Waals surface area (Å²) in [6.45, 7) is 11.7. The first kappa shape index (κ1) is 22.2. The fraction of sp³-hybridized carbons (Fsp3) is 0.429. The molecule has 30 heavy (non-hydrogen) atoms. The zero-order chi connectivity index (χ0) is 22.2. The lowest BCUT2D eigenvalue weighted by atomic mass is 10.1. The lowest BCUT2D eigenvalue weighted by molar-refractivity contribution is 0.0474. The molecule has 0 aliphatic carbocycles. The maximum absolute atomic E-state index is 12.8. The third-order valence-electron chi connectivity index (χ3n) is 4.67. The molecule has 3 aromatic heterocycles. The van der Waals surface area contributed by atoms with Crippen LogP contribution in [-0.2, 0) is 11.3 Å². The van der Waals surface area contributed by atoms with Gasteiger partial charge in [-0.3, -0.25) is 14.0 Å². The topological polar surface area (TPSA) is 79.0 Å². The number of halogens is 1. The van der Waals surface area contributed by atoms with E-state index in [0.717, 1.165) is 22.2 Å². The van der Waals surface area contributed by atoms with Gasteiger partial charge in [0.15, 0.2) is 11.7 Å². The first-order chi connectivity index (χ1) is 14.1. The van der Waals surface area contributed by atoms with Gasteiger partial charge in [0.05, 0.1) is 11.4 Å². The van der Waals surface area contributed by atoms with Crippen molar-refractivity contribution < 1.29 is 14.3 Å². The summed E-state index contributed by atoms with van der Waals surface area (Å²) in [5.74, 6) is -0.603. The van der Waals surface area contributed by atoms with Crippen molar-refractivity contribution in [3.63, 3.8) is 0 Å². The standard InChI is InChI=1S/C21H25ClN4O3S/c1-11(2)8-25-19(22)18(14(5)24-25)20(28)29-9-17(27)16-7-13(4)26(15(16)6)21-23-12(3)10-30-21/h7,10-11H,8-9H2,1-6H3. The number of esters is 1. The summed E-state index contributed by atoms with van der Waals surface area (Å²) in [5, 5.41) is 7.31. The molecule has 3 heterocycles. The number of Topliss-reactive ketones (excluding diaryl/α,β-unsaturated/α-hetero) is 1. The summed E-state index contributed by atoms with van der Waals surface area (Å²) in [4.78, 5) is 29.8. The van der Waals surface area contributed by atoms with E-state index in [4.69, 9.17) is 16.3 Å². The highest BCUT2D eigenvalue weighted by atomic mass is 35.5. The molecule has 0 unspecified atom stereocenters. The van der Waals surface area contributed by atoms with Crippen molar-refractivity contribution in [1.29, 1.82) is 0 Å². The van der Waals surface area contributed by atoms with E-state index in [1.54, 1.807) is 17.7 Å². The number of aromatic nitrogens is 4. The highest BCUT2D eigenvalue weighted by Gasteiger charge is 2.24. The van der Waals surface area contributed by atoms with Crippen LogP contribution < -0.4 is 0 Å². The molecule has 0 radical (unpaired) electrons. The molecule has 0 fully saturated rings. The number of ketones is 1. The average molecular weight is 449 g/mol. The Balaban J connectivity index is 1.75. The highest BCUT2D eigenvalue weighted by molar-refractivity contribution is 7.12. The molecule has 3 aromatic rings. The molecule has 0 atom stereocenters. The molecule has 0 saturated carbocycles. The van der Waals surface area contributed by atoms with Crippen LogP contribution in [0.2, 0.25) is 5.15 Å². The van der Waals surface area contributed by atoms with Gasteiger partial charge in [0.2, 0.25) is 5.78 Å². The maximum Gasteiger partial charge on any atom is 0.343 e. The minimum Gasteiger partial charge on any atom is -0.454 e. The quantitative estimate of drug-likeness (QED) is 0.386. The van der Waals surface area contributed by atoms with Crippen LogP contribution in [0.3, 0.4) is 0 Å². The Morgan fingerprint density at radius 2 is 1.93 bits per heavy atom. The summed E-state index contributed by atoms with van der Waals surface area (Å²) >= 11 is 7.84. The SMILES string of the molecule is Cc1csc(-n2c(C)cc(C(=O)COC(=O)c3c(C)nn(CC(C)C)c3Cl)c2C)n1. The van der Waals surface area contributed by atoms with Crippen LogP contribution >= 0.6 is 22.9 Å². The molecular formula is C21H25ClN4O3S. The van der Waals surface area contributed by atoms with Gasteiger partial charge in [-0.05, 0) is 39.7 Å². The Morgan fingerprint density at radius 1 is 1.23 bits per heavy atom. The second-order valence-electron chi connectivity index (χ2n) is 7.72. The zero-order valence-corrected chi connectivity index (χ0v) is 19.5. The van der Waals surface area contributed by atoms with E-state index < -0.39 is 5.97 Å². The average Bonchev–Trinajstić information content (AvgIpc) is 3.28. The van der Waals surface area contributed by atoms with Crippen LogP contribution in [0, 0.1) is 33.6 Å². The third-order valence-corrected chi connectivity index (χ3v) is 6.00. The Labute approximate surface area is 184 Å². The van der Waals surface area contributed by atoms with Gasteiger partial charge in [0, 0.05) is 28.9 Å². The first-order valence-electron chi connectivity index (χ1n) is 9.64. The van der Waals surface area contributed by atoms with Gasteiger partial charge < -0.3 is 4.74 Å². The fourth-order valence-electron chi connectivity index (χ4n) is 3.32. The van der Waals surface area contributed by atoms with E-state index in [9.17, 15) is 9.59 Å². The number of rotatable bonds is 7. The minimum absolute atomic E-state index is 0.203. The van der Waals surface area contributed by atoms with Crippen LogP contribution in [0.25, 0.3) is 5.13 Å². The summed E-state index contributed by atoms with van der Waals surface area (Å²) in [6.07, 6.45) is 0. The molecule has 160 valence electrons. The molecule has 0 spiro atoms. The number of carbonyl (C=O) groups is 2. The molecule has 7 nitrogen and oxygen atoms in total. The monoisotopic (exact) mass is 448 g/mol. The van der Waals surface area contributed by atoms with Crippen molar-refractivity contribution in [2.75, 3.05) is 6.61 Å². The summed E-state index contributed by atoms with van der Waals surface area (Å²) in [6, 6.07) is 1.79. The highest BCUT2D eigenvalue weighted by Crippen LogP contribution is 2.25. The smallest absolute Gasteiger partial charge is 0.343 e. The number of hydrogen-bond acceptors (Lipinski definition) is 6. The maximum atomic E-state index is 12.8. The van der Waals surface area contributed by atoms with Gasteiger partial charge in [-0.1, -0.05) is 25.4 Å². The third kappa shape index (κ3) is 4.34. The van der Waals surface area contributed by atoms with Crippen molar-refractivity contribution in [2.24, 2.45) is 5.92 Å². The number of aryl methyl sites for hydroxylation is 3. The van der Waals surface area contributed by atoms with E-state index in [1.165, 1.54) is 11.3 Å². The lowest BCUT2D eigenvalue weighted by Crippen LogP contribution is -2.16. The molecule has 0 aliphatic heterocycles. The van der Waals surface area contributed by atoms with E-state index >= 15 is 0 Å². The van der Waals surface area contributed by atoms with Crippen molar-refractivity contribution in [2.45, 2.75) is 48.1 Å². The van der Waals surface area contributed by atoms with Gasteiger partial charge in [0.25, 0.3) is 0 Å². The molecule has 3 rings (SSSR count). The minimum atomic E-state index is -0.648. The molecular weight excluding hydrogens is 424 g/mol. The van der Waals surface area contributed by atoms with Gasteiger partial charge in [-0.2, -0.15) is 5.10 Å². The molecule has 0 saturated heterocycles. The van der Waals surface area contributed by atoms with Crippen molar-refractivity contribution in [3.8, 4) is 5.13 Å². The second-order valence-corrected chi connectivity index (χ2v) is 8.91. The molecule has 0 amide bonds. The fourth-order valence-corrected chi connectivity index (χ4v) is 4.55. The lowest BCUT2D eigenvalue weighted by Gasteiger charge is -2.07. The predicted octanol–water partition coefficient (Wildman–Crippen LogP) is 4.71. The van der Waals surface area contributed by atoms with E-state index in [0.29, 0.717) is 23.7 Å². The van der Waals surface area contributed by atoms with Crippen molar-refractivity contribution in [1.82, 2.24) is 19.3 Å². The molecule has 0 bridgehead atoms. The second kappa shape index (κ2) is 8.73. The van der Waals surface area contributed by atoms with E-state index in [-0.39, 0.29) is 23.1 Å². The van der Waals surface area contributed by atoms with Gasteiger partial charge >= 0.3 is 5.97 Å². The molecule has 0 N–H and O–H groups in total. The Bertz CT molecular complexity index is 1110. The predicted molar refractivity (Wildman–Crippen MR) is 117 cm³/mol. The Morgan fingerprint density at radius 3 is 2.53 bits per heavy atom. The number of hydrogen-bond donors (Lipinski definition) is 0. The van der Waals surface area contributed by atoms with Gasteiger partial charge in [-0.15, -0.1) is 11.3 Å². The van der Waals surface area contributed by atoms with Crippen LogP contribution in [0.1, 0.15) is 57.3 Å². The normalized spacial score (nSPS) is 11.3. The largest absolute Gasteiger partial charge is 0.454 e. The Hall–Kier alpha value is -2.45. The van der Waals surface area contributed by atoms with Crippen LogP contribution in [0.15, 0.2) is 11.4 Å². The first-order valence-corrected chi connectivity index (χ1v) is 10.9. The van der Waals surface area contributed by atoms with Crippen molar-refractivity contribution >= 4 is 34.7 Å². The van der Waals surface area contributed by atoms with Crippen LogP contribution in [0.4, 0.5) is 0 Å². The summed E-state index contributed by atoms with van der Waals surface area (Å²) in [5.41, 5.74) is 3.78. The van der Waals surface area contributed by atoms with Crippen molar-refractivity contribution in [3.05, 3.63) is 50.5 Å². The van der Waals surface area contributed by atoms with E-state index in [1.807, 2.05) is 44.6 Å². The Kier molecular flexibility index (Phi) is 6.47. The number of thiazole rings is 1. The summed E-state index contributed by atoms with van der Waals surface area (Å²) in [7, 11) is 0. The number of ether oxygens (including phenoxy) is 1. The summed E-state index contributed by atoms with van der Waals surface area (Å²) < 4.78 is 8.81.